The number of hydrogen-bond donors (Lipinski definition) is 1. The third-order valence-electron chi connectivity index (χ3n) is 2.08. The van der Waals surface area contributed by atoms with Crippen molar-refractivity contribution in [3.05, 3.63) is 21.9 Å². The zero-order chi connectivity index (χ0) is 12.8. The molecule has 0 aromatic carbocycles. The molecule has 0 fully saturated rings. The Hall–Kier alpha value is -1.96. The lowest BCUT2D eigenvalue weighted by molar-refractivity contribution is -0.389. The first-order chi connectivity index (χ1) is 8.04. The minimum atomic E-state index is -0.591. The fourth-order valence-electron chi connectivity index (χ4n) is 1.23. The standard InChI is InChI=1S/C9H14N4O4/c1-7-5-8(13(15)16)11-12(7)6-9(14)10-3-4-17-2/h5H,3-4,6H2,1-2H3,(H,10,14). The van der Waals surface area contributed by atoms with Gasteiger partial charge in [0.15, 0.2) is 0 Å². The molecule has 0 saturated carbocycles. The first-order valence-corrected chi connectivity index (χ1v) is 4.99. The summed E-state index contributed by atoms with van der Waals surface area (Å²) in [6.45, 7) is 2.44. The van der Waals surface area contributed by atoms with Gasteiger partial charge >= 0.3 is 5.82 Å². The second-order valence-electron chi connectivity index (χ2n) is 3.40. The van der Waals surface area contributed by atoms with E-state index in [-0.39, 0.29) is 18.3 Å². The second kappa shape index (κ2) is 5.94. The molecule has 0 bridgehead atoms. The van der Waals surface area contributed by atoms with Crippen molar-refractivity contribution in [3.8, 4) is 0 Å². The molecule has 0 spiro atoms. The van der Waals surface area contributed by atoms with Crippen LogP contribution in [0.3, 0.4) is 0 Å². The summed E-state index contributed by atoms with van der Waals surface area (Å²) in [5.41, 5.74) is 0.568. The Balaban J connectivity index is 2.56. The van der Waals surface area contributed by atoms with Crippen LogP contribution in [0.5, 0.6) is 0 Å². The fraction of sp³-hybridized carbons (Fsp3) is 0.556. The molecule has 1 aromatic heterocycles. The van der Waals surface area contributed by atoms with Crippen LogP contribution < -0.4 is 5.32 Å². The zero-order valence-electron chi connectivity index (χ0n) is 9.67. The summed E-state index contributed by atoms with van der Waals surface area (Å²) in [5.74, 6) is -0.518. The number of carbonyl (C=O) groups is 1. The van der Waals surface area contributed by atoms with Crippen molar-refractivity contribution in [1.82, 2.24) is 15.1 Å². The number of nitrogens with zero attached hydrogens (tertiary/aromatic N) is 3. The minimum Gasteiger partial charge on any atom is -0.383 e. The van der Waals surface area contributed by atoms with E-state index >= 15 is 0 Å². The topological polar surface area (TPSA) is 99.3 Å². The molecule has 1 N–H and O–H groups in total. The Morgan fingerprint density at radius 2 is 2.41 bits per heavy atom. The van der Waals surface area contributed by atoms with Gasteiger partial charge < -0.3 is 20.2 Å². The van der Waals surface area contributed by atoms with Crippen molar-refractivity contribution >= 4 is 11.7 Å². The van der Waals surface area contributed by atoms with Crippen LogP contribution in [0.2, 0.25) is 0 Å². The average molecular weight is 242 g/mol. The van der Waals surface area contributed by atoms with Crippen LogP contribution in [0.25, 0.3) is 0 Å². The first kappa shape index (κ1) is 13.1. The van der Waals surface area contributed by atoms with Gasteiger partial charge in [0.1, 0.15) is 6.54 Å². The van der Waals surface area contributed by atoms with Gasteiger partial charge in [-0.2, -0.15) is 4.68 Å². The smallest absolute Gasteiger partial charge is 0.383 e. The van der Waals surface area contributed by atoms with E-state index in [1.807, 2.05) is 0 Å². The van der Waals surface area contributed by atoms with E-state index in [1.165, 1.54) is 17.9 Å². The third-order valence-corrected chi connectivity index (χ3v) is 2.08. The number of nitro groups is 1. The number of rotatable bonds is 6. The van der Waals surface area contributed by atoms with Crippen LogP contribution in [0.1, 0.15) is 5.69 Å². The predicted octanol–water partition coefficient (Wildman–Crippen LogP) is -0.138. The normalized spacial score (nSPS) is 10.2. The molecule has 0 saturated heterocycles. The largest absolute Gasteiger partial charge is 0.390 e. The summed E-state index contributed by atoms with van der Waals surface area (Å²) in [5, 5.41) is 16.8. The summed E-state index contributed by atoms with van der Waals surface area (Å²) >= 11 is 0. The Kier molecular flexibility index (Phi) is 4.58. The number of methoxy groups -OCH3 is 1. The van der Waals surface area contributed by atoms with Crippen molar-refractivity contribution in [2.45, 2.75) is 13.5 Å². The van der Waals surface area contributed by atoms with E-state index in [1.54, 1.807) is 6.92 Å². The maximum Gasteiger partial charge on any atom is 0.390 e. The molecule has 94 valence electrons. The highest BCUT2D eigenvalue weighted by atomic mass is 16.6. The number of aryl methyl sites for hydroxylation is 1. The van der Waals surface area contributed by atoms with E-state index in [0.29, 0.717) is 18.8 Å². The number of nitrogens with one attached hydrogen (secondary N) is 1. The molecule has 8 nitrogen and oxygen atoms in total. The highest BCUT2D eigenvalue weighted by Gasteiger charge is 2.16. The van der Waals surface area contributed by atoms with Crippen LogP contribution >= 0.6 is 0 Å². The molecule has 8 heteroatoms. The molecule has 1 heterocycles. The van der Waals surface area contributed by atoms with Crippen molar-refractivity contribution in [3.63, 3.8) is 0 Å². The molecule has 1 aromatic rings. The zero-order valence-corrected chi connectivity index (χ0v) is 9.67. The van der Waals surface area contributed by atoms with Gasteiger partial charge in [0.2, 0.25) is 5.91 Å². The van der Waals surface area contributed by atoms with Gasteiger partial charge in [-0.1, -0.05) is 0 Å². The van der Waals surface area contributed by atoms with Gasteiger partial charge in [-0.3, -0.25) is 4.79 Å². The highest BCUT2D eigenvalue weighted by Crippen LogP contribution is 2.10. The van der Waals surface area contributed by atoms with Crippen LogP contribution in [-0.4, -0.2) is 40.9 Å². The van der Waals surface area contributed by atoms with E-state index in [2.05, 4.69) is 10.4 Å². The second-order valence-corrected chi connectivity index (χ2v) is 3.40. The van der Waals surface area contributed by atoms with Crippen LogP contribution in [0.4, 0.5) is 5.82 Å². The first-order valence-electron chi connectivity index (χ1n) is 4.99. The summed E-state index contributed by atoms with van der Waals surface area (Å²) in [6, 6.07) is 1.32. The quantitative estimate of drug-likeness (QED) is 0.425. The maximum atomic E-state index is 11.4. The number of aromatic nitrogens is 2. The Morgan fingerprint density at radius 1 is 1.71 bits per heavy atom. The molecular formula is C9H14N4O4. The molecule has 0 aliphatic rings. The summed E-state index contributed by atoms with van der Waals surface area (Å²) in [7, 11) is 1.53. The molecule has 0 aliphatic heterocycles. The summed E-state index contributed by atoms with van der Waals surface area (Å²) < 4.78 is 6.07. The van der Waals surface area contributed by atoms with Crippen molar-refractivity contribution in [2.75, 3.05) is 20.3 Å². The fourth-order valence-corrected chi connectivity index (χ4v) is 1.23. The maximum absolute atomic E-state index is 11.4. The average Bonchev–Trinajstić information content (AvgIpc) is 2.61. The highest BCUT2D eigenvalue weighted by molar-refractivity contribution is 5.75. The lowest BCUT2D eigenvalue weighted by atomic mass is 10.4. The van der Waals surface area contributed by atoms with E-state index in [0.717, 1.165) is 0 Å². The van der Waals surface area contributed by atoms with Crippen molar-refractivity contribution in [1.29, 1.82) is 0 Å². The summed E-state index contributed by atoms with van der Waals surface area (Å²) in [4.78, 5) is 21.3. The molecule has 1 amide bonds. The Morgan fingerprint density at radius 3 is 2.94 bits per heavy atom. The Labute approximate surface area is 97.7 Å². The number of ether oxygens (including phenoxy) is 1. The SMILES string of the molecule is COCCNC(=O)Cn1nc([N+](=O)[O-])cc1C. The third kappa shape index (κ3) is 3.83. The van der Waals surface area contributed by atoms with Crippen molar-refractivity contribution < 1.29 is 14.5 Å². The molecule has 0 aliphatic carbocycles. The van der Waals surface area contributed by atoms with Crippen molar-refractivity contribution in [2.24, 2.45) is 0 Å². The lowest BCUT2D eigenvalue weighted by Gasteiger charge is -2.03. The Bertz CT molecular complexity index is 415. The van der Waals surface area contributed by atoms with Gasteiger partial charge in [0, 0.05) is 13.7 Å². The van der Waals surface area contributed by atoms with Gasteiger partial charge in [0.05, 0.1) is 23.5 Å². The van der Waals surface area contributed by atoms with Crippen LogP contribution in [-0.2, 0) is 16.1 Å². The van der Waals surface area contributed by atoms with Crippen LogP contribution in [0.15, 0.2) is 6.07 Å². The van der Waals surface area contributed by atoms with Gasteiger partial charge in [-0.05, 0) is 11.8 Å². The number of amides is 1. The molecule has 1 rings (SSSR count). The predicted molar refractivity (Wildman–Crippen MR) is 58.5 cm³/mol. The molecular weight excluding hydrogens is 228 g/mol. The van der Waals surface area contributed by atoms with Gasteiger partial charge in [0.25, 0.3) is 0 Å². The molecule has 0 atom stereocenters. The number of carbonyl (C=O) groups excluding carboxylic acids is 1. The lowest BCUT2D eigenvalue weighted by Crippen LogP contribution is -2.30. The van der Waals surface area contributed by atoms with E-state index in [4.69, 9.17) is 4.74 Å². The molecule has 0 unspecified atom stereocenters. The minimum absolute atomic E-state index is 0.0383. The van der Waals surface area contributed by atoms with E-state index < -0.39 is 4.92 Å². The number of hydrogen-bond acceptors (Lipinski definition) is 5. The van der Waals surface area contributed by atoms with E-state index in [9.17, 15) is 14.9 Å². The molecule has 0 radical (unpaired) electrons. The monoisotopic (exact) mass is 242 g/mol. The van der Waals surface area contributed by atoms with Crippen LogP contribution in [0, 0.1) is 17.0 Å². The molecule has 17 heavy (non-hydrogen) atoms. The van der Waals surface area contributed by atoms with Gasteiger partial charge in [-0.25, -0.2) is 0 Å². The van der Waals surface area contributed by atoms with Gasteiger partial charge in [-0.15, -0.1) is 0 Å². The summed E-state index contributed by atoms with van der Waals surface area (Å²) in [6.07, 6.45) is 0.